The third kappa shape index (κ3) is 4.83. The van der Waals surface area contributed by atoms with Crippen LogP contribution in [0.5, 0.6) is 11.6 Å². The second-order valence-electron chi connectivity index (χ2n) is 8.12. The van der Waals surface area contributed by atoms with Gasteiger partial charge in [0.1, 0.15) is 5.75 Å². The van der Waals surface area contributed by atoms with Gasteiger partial charge in [0.15, 0.2) is 6.61 Å². The van der Waals surface area contributed by atoms with E-state index in [0.717, 1.165) is 41.7 Å². The van der Waals surface area contributed by atoms with Crippen molar-refractivity contribution in [1.29, 1.82) is 0 Å². The number of carbonyl (C=O) groups excluding carboxylic acids is 1. The van der Waals surface area contributed by atoms with Crippen LogP contribution in [-0.4, -0.2) is 44.7 Å². The summed E-state index contributed by atoms with van der Waals surface area (Å²) in [5, 5.41) is 17.1. The van der Waals surface area contributed by atoms with Gasteiger partial charge < -0.3 is 14.8 Å². The molecular weight excluding hydrogens is 444 g/mol. The lowest BCUT2D eigenvalue weighted by Crippen LogP contribution is -2.23. The summed E-state index contributed by atoms with van der Waals surface area (Å²) in [5.41, 5.74) is 3.63. The number of benzene rings is 1. The molecule has 2 N–H and O–H groups in total. The van der Waals surface area contributed by atoms with E-state index in [9.17, 15) is 4.79 Å². The van der Waals surface area contributed by atoms with E-state index in [4.69, 9.17) is 26.1 Å². The number of aromatic amines is 1. The van der Waals surface area contributed by atoms with E-state index in [1.807, 2.05) is 24.3 Å². The van der Waals surface area contributed by atoms with Crippen LogP contribution in [0, 0.1) is 0 Å². The maximum absolute atomic E-state index is 11.8. The number of rotatable bonds is 8. The lowest BCUT2D eigenvalue weighted by atomic mass is 9.98. The molecule has 0 spiro atoms. The minimum absolute atomic E-state index is 0.0495. The predicted molar refractivity (Wildman–Crippen MR) is 121 cm³/mol. The first kappa shape index (κ1) is 21.4. The first-order chi connectivity index (χ1) is 16.1. The van der Waals surface area contributed by atoms with Crippen molar-refractivity contribution >= 4 is 23.1 Å². The van der Waals surface area contributed by atoms with Crippen molar-refractivity contribution in [2.45, 2.75) is 44.2 Å². The van der Waals surface area contributed by atoms with Gasteiger partial charge in [0.2, 0.25) is 17.6 Å². The Morgan fingerprint density at radius 1 is 1.24 bits per heavy atom. The molecule has 10 heteroatoms. The van der Waals surface area contributed by atoms with Gasteiger partial charge in [-0.25, -0.2) is 4.98 Å². The number of carbonyl (C=O) groups is 1. The second kappa shape index (κ2) is 9.19. The summed E-state index contributed by atoms with van der Waals surface area (Å²) in [4.78, 5) is 16.6. The molecule has 0 bridgehead atoms. The van der Waals surface area contributed by atoms with Gasteiger partial charge in [0.05, 0.1) is 17.8 Å². The Bertz CT molecular complexity index is 1190. The Balaban J connectivity index is 1.47. The molecule has 33 heavy (non-hydrogen) atoms. The topological polar surface area (TPSA) is 115 Å². The Kier molecular flexibility index (Phi) is 5.95. The van der Waals surface area contributed by atoms with Gasteiger partial charge in [-0.2, -0.15) is 5.21 Å². The molecule has 170 valence electrons. The number of methoxy groups -OCH3 is 1. The Labute approximate surface area is 195 Å². The SMILES string of the molecule is COc1nc(/C(=C/[C@H]2CCC(=O)N2)c2ccc(OCc3nn[nH]n3)c(Cl)c2)ccc1C1CC1. The average molecular weight is 467 g/mol. The van der Waals surface area contributed by atoms with Crippen molar-refractivity contribution in [2.75, 3.05) is 7.11 Å². The Hall–Kier alpha value is -3.46. The van der Waals surface area contributed by atoms with Gasteiger partial charge in [-0.1, -0.05) is 35.0 Å². The van der Waals surface area contributed by atoms with Crippen LogP contribution in [0.3, 0.4) is 0 Å². The van der Waals surface area contributed by atoms with Gasteiger partial charge in [-0.05, 0) is 48.9 Å². The summed E-state index contributed by atoms with van der Waals surface area (Å²) in [6.07, 6.45) is 5.61. The number of amides is 1. The molecule has 2 aliphatic rings. The highest BCUT2D eigenvalue weighted by molar-refractivity contribution is 6.32. The van der Waals surface area contributed by atoms with Crippen LogP contribution in [0.2, 0.25) is 5.02 Å². The van der Waals surface area contributed by atoms with Gasteiger partial charge in [0, 0.05) is 23.6 Å². The lowest BCUT2D eigenvalue weighted by molar-refractivity contribution is -0.119. The summed E-state index contributed by atoms with van der Waals surface area (Å²) in [5.74, 6) is 2.15. The number of nitrogens with one attached hydrogen (secondary N) is 2. The number of halogens is 1. The van der Waals surface area contributed by atoms with Crippen molar-refractivity contribution in [2.24, 2.45) is 0 Å². The van der Waals surface area contributed by atoms with E-state index in [-0.39, 0.29) is 18.6 Å². The summed E-state index contributed by atoms with van der Waals surface area (Å²) >= 11 is 6.54. The minimum atomic E-state index is -0.0728. The van der Waals surface area contributed by atoms with Crippen LogP contribution in [0.15, 0.2) is 36.4 Å². The highest BCUT2D eigenvalue weighted by atomic mass is 35.5. The van der Waals surface area contributed by atoms with E-state index in [2.05, 4.69) is 32.0 Å². The maximum Gasteiger partial charge on any atom is 0.220 e. The molecule has 0 unspecified atom stereocenters. The quantitative estimate of drug-likeness (QED) is 0.522. The molecule has 1 aliphatic heterocycles. The normalized spacial score (nSPS) is 18.3. The van der Waals surface area contributed by atoms with E-state index in [1.165, 1.54) is 0 Å². The number of hydrogen-bond acceptors (Lipinski definition) is 7. The van der Waals surface area contributed by atoms with Crippen LogP contribution >= 0.6 is 11.6 Å². The van der Waals surface area contributed by atoms with Crippen molar-refractivity contribution in [1.82, 2.24) is 30.9 Å². The highest BCUT2D eigenvalue weighted by Gasteiger charge is 2.28. The van der Waals surface area contributed by atoms with E-state index in [1.54, 1.807) is 13.2 Å². The van der Waals surface area contributed by atoms with E-state index >= 15 is 0 Å². The number of nitrogens with zero attached hydrogens (tertiary/aromatic N) is 4. The predicted octanol–water partition coefficient (Wildman–Crippen LogP) is 3.42. The van der Waals surface area contributed by atoms with Crippen LogP contribution in [0.4, 0.5) is 0 Å². The molecule has 2 fully saturated rings. The molecule has 3 heterocycles. The van der Waals surface area contributed by atoms with Gasteiger partial charge in [-0.3, -0.25) is 4.79 Å². The highest BCUT2D eigenvalue weighted by Crippen LogP contribution is 2.44. The first-order valence-corrected chi connectivity index (χ1v) is 11.2. The van der Waals surface area contributed by atoms with Crippen molar-refractivity contribution in [3.8, 4) is 11.6 Å². The third-order valence-corrected chi connectivity index (χ3v) is 6.06. The van der Waals surface area contributed by atoms with E-state index < -0.39 is 0 Å². The molecule has 1 saturated carbocycles. The number of pyridine rings is 1. The number of H-pyrrole nitrogens is 1. The molecule has 1 aromatic carbocycles. The van der Waals surface area contributed by atoms with E-state index in [0.29, 0.717) is 34.8 Å². The molecule has 1 aliphatic carbocycles. The zero-order chi connectivity index (χ0) is 22.8. The van der Waals surface area contributed by atoms with Gasteiger partial charge >= 0.3 is 0 Å². The van der Waals surface area contributed by atoms with Crippen LogP contribution in [0.1, 0.15) is 54.2 Å². The molecule has 2 aromatic heterocycles. The van der Waals surface area contributed by atoms with Crippen molar-refractivity contribution in [3.63, 3.8) is 0 Å². The first-order valence-electron chi connectivity index (χ1n) is 10.8. The summed E-state index contributed by atoms with van der Waals surface area (Å²) in [6, 6.07) is 9.57. The van der Waals surface area contributed by atoms with Gasteiger partial charge in [-0.15, -0.1) is 10.2 Å². The molecule has 1 saturated heterocycles. The smallest absolute Gasteiger partial charge is 0.220 e. The van der Waals surface area contributed by atoms with Crippen LogP contribution in [-0.2, 0) is 11.4 Å². The molecule has 9 nitrogen and oxygen atoms in total. The molecule has 5 rings (SSSR count). The van der Waals surface area contributed by atoms with Crippen molar-refractivity contribution in [3.05, 3.63) is 64.1 Å². The monoisotopic (exact) mass is 466 g/mol. The summed E-state index contributed by atoms with van der Waals surface area (Å²) in [7, 11) is 1.64. The third-order valence-electron chi connectivity index (χ3n) is 5.76. The molecule has 1 amide bonds. The lowest BCUT2D eigenvalue weighted by Gasteiger charge is -2.15. The average Bonchev–Trinajstić information content (AvgIpc) is 3.37. The minimum Gasteiger partial charge on any atom is -0.484 e. The fourth-order valence-corrected chi connectivity index (χ4v) is 4.17. The van der Waals surface area contributed by atoms with Crippen LogP contribution in [0.25, 0.3) is 5.57 Å². The standard InChI is InChI=1S/C23H23ClN6O3/c1-32-23-16(13-2-3-13)6-7-19(26-23)17(11-15-5-9-22(31)25-15)14-4-8-20(18(24)10-14)33-12-21-27-29-30-28-21/h4,6-8,10-11,13,15H,2-3,5,9,12H2,1H3,(H,25,31)(H,27,28,29,30)/b17-11+/t15-/m1/s1. The summed E-state index contributed by atoms with van der Waals surface area (Å²) < 4.78 is 11.3. The fourth-order valence-electron chi connectivity index (χ4n) is 3.93. The number of ether oxygens (including phenoxy) is 2. The maximum atomic E-state index is 11.8. The number of aromatic nitrogens is 5. The summed E-state index contributed by atoms with van der Waals surface area (Å²) in [6.45, 7) is 0.147. The zero-order valence-corrected chi connectivity index (χ0v) is 18.8. The van der Waals surface area contributed by atoms with Crippen molar-refractivity contribution < 1.29 is 14.3 Å². The Morgan fingerprint density at radius 3 is 2.79 bits per heavy atom. The molecule has 1 atom stereocenters. The van der Waals surface area contributed by atoms with Crippen LogP contribution < -0.4 is 14.8 Å². The molecule has 0 radical (unpaired) electrons. The zero-order valence-electron chi connectivity index (χ0n) is 18.0. The Morgan fingerprint density at radius 2 is 2.12 bits per heavy atom. The number of hydrogen-bond donors (Lipinski definition) is 2. The molecular formula is C23H23ClN6O3. The molecule has 3 aromatic rings. The second-order valence-corrected chi connectivity index (χ2v) is 8.53. The van der Waals surface area contributed by atoms with Gasteiger partial charge in [0.25, 0.3) is 0 Å². The largest absolute Gasteiger partial charge is 0.484 e. The fraction of sp³-hybridized carbons (Fsp3) is 0.348. The number of tetrazole rings is 1.